The lowest BCUT2D eigenvalue weighted by Gasteiger charge is -2.37. The van der Waals surface area contributed by atoms with E-state index in [1.807, 2.05) is 11.8 Å². The van der Waals surface area contributed by atoms with Gasteiger partial charge in [-0.2, -0.15) is 0 Å². The maximum Gasteiger partial charge on any atom is 0.0545 e. The standard InChI is InChI=1S/C12H20N2S/c1-2-6-15-7-5-14-11-3-4-12(14)9-10(13)8-11/h1,10-12H,3-9,13H2. The van der Waals surface area contributed by atoms with Crippen LogP contribution < -0.4 is 5.73 Å². The average molecular weight is 224 g/mol. The molecule has 2 saturated heterocycles. The number of piperidine rings is 1. The van der Waals surface area contributed by atoms with Crippen LogP contribution in [0.2, 0.25) is 0 Å². The largest absolute Gasteiger partial charge is 0.328 e. The van der Waals surface area contributed by atoms with E-state index in [1.165, 1.54) is 38.0 Å². The van der Waals surface area contributed by atoms with E-state index in [-0.39, 0.29) is 0 Å². The predicted molar refractivity (Wildman–Crippen MR) is 66.9 cm³/mol. The summed E-state index contributed by atoms with van der Waals surface area (Å²) in [7, 11) is 0. The Hall–Kier alpha value is -0.170. The Morgan fingerprint density at radius 1 is 1.33 bits per heavy atom. The molecule has 0 spiro atoms. The van der Waals surface area contributed by atoms with Crippen LogP contribution in [-0.2, 0) is 0 Å². The molecule has 0 aromatic rings. The number of hydrogen-bond acceptors (Lipinski definition) is 3. The molecule has 2 atom stereocenters. The molecule has 0 saturated carbocycles. The van der Waals surface area contributed by atoms with Gasteiger partial charge in [0, 0.05) is 30.4 Å². The Morgan fingerprint density at radius 3 is 2.60 bits per heavy atom. The normalized spacial score (nSPS) is 35.3. The highest BCUT2D eigenvalue weighted by atomic mass is 32.2. The molecule has 2 nitrogen and oxygen atoms in total. The number of hydrogen-bond donors (Lipinski definition) is 1. The van der Waals surface area contributed by atoms with Crippen molar-refractivity contribution in [3.8, 4) is 12.3 Å². The number of rotatable bonds is 4. The molecule has 15 heavy (non-hydrogen) atoms. The molecule has 0 radical (unpaired) electrons. The van der Waals surface area contributed by atoms with Gasteiger partial charge in [0.2, 0.25) is 0 Å². The second-order valence-corrected chi connectivity index (χ2v) is 5.72. The van der Waals surface area contributed by atoms with Gasteiger partial charge in [0.15, 0.2) is 0 Å². The number of thioether (sulfide) groups is 1. The first-order valence-corrected chi connectivity index (χ1v) is 6.99. The smallest absolute Gasteiger partial charge is 0.0545 e. The third-order valence-electron chi connectivity index (χ3n) is 3.60. The van der Waals surface area contributed by atoms with Gasteiger partial charge in [-0.1, -0.05) is 5.92 Å². The summed E-state index contributed by atoms with van der Waals surface area (Å²) < 4.78 is 0. The Kier molecular flexibility index (Phi) is 3.96. The van der Waals surface area contributed by atoms with Gasteiger partial charge < -0.3 is 5.73 Å². The second-order valence-electron chi connectivity index (χ2n) is 4.61. The van der Waals surface area contributed by atoms with Gasteiger partial charge in [-0.3, -0.25) is 4.90 Å². The molecular formula is C12H20N2S. The molecule has 2 unspecified atom stereocenters. The lowest BCUT2D eigenvalue weighted by atomic mass is 9.98. The molecule has 2 bridgehead atoms. The molecule has 2 rings (SSSR count). The summed E-state index contributed by atoms with van der Waals surface area (Å²) >= 11 is 1.87. The Bertz CT molecular complexity index is 234. The summed E-state index contributed by atoms with van der Waals surface area (Å²) in [4.78, 5) is 2.67. The van der Waals surface area contributed by atoms with E-state index in [1.54, 1.807) is 0 Å². The highest BCUT2D eigenvalue weighted by Crippen LogP contribution is 2.34. The van der Waals surface area contributed by atoms with Gasteiger partial charge in [0.25, 0.3) is 0 Å². The van der Waals surface area contributed by atoms with Crippen molar-refractivity contribution in [3.63, 3.8) is 0 Å². The molecule has 0 amide bonds. The van der Waals surface area contributed by atoms with E-state index in [0.717, 1.165) is 17.8 Å². The van der Waals surface area contributed by atoms with Crippen LogP contribution in [0.15, 0.2) is 0 Å². The zero-order valence-electron chi connectivity index (χ0n) is 9.19. The van der Waals surface area contributed by atoms with Crippen molar-refractivity contribution >= 4 is 11.8 Å². The molecule has 0 aliphatic carbocycles. The minimum Gasteiger partial charge on any atom is -0.328 e. The van der Waals surface area contributed by atoms with Crippen LogP contribution >= 0.6 is 11.8 Å². The summed E-state index contributed by atoms with van der Waals surface area (Å²) in [5.41, 5.74) is 6.04. The van der Waals surface area contributed by atoms with Gasteiger partial charge >= 0.3 is 0 Å². The van der Waals surface area contributed by atoms with E-state index >= 15 is 0 Å². The summed E-state index contributed by atoms with van der Waals surface area (Å²) in [5.74, 6) is 4.70. The summed E-state index contributed by atoms with van der Waals surface area (Å²) in [5, 5.41) is 0. The van der Waals surface area contributed by atoms with Crippen LogP contribution in [0.1, 0.15) is 25.7 Å². The zero-order valence-corrected chi connectivity index (χ0v) is 10.0. The minimum atomic E-state index is 0.456. The van der Waals surface area contributed by atoms with Crippen LogP contribution in [0, 0.1) is 12.3 Å². The molecule has 84 valence electrons. The van der Waals surface area contributed by atoms with E-state index in [9.17, 15) is 0 Å². The third-order valence-corrected chi connectivity index (χ3v) is 4.44. The maximum atomic E-state index is 6.04. The average Bonchev–Trinajstić information content (AvgIpc) is 2.46. The van der Waals surface area contributed by atoms with Crippen LogP contribution in [0.5, 0.6) is 0 Å². The quantitative estimate of drug-likeness (QED) is 0.577. The van der Waals surface area contributed by atoms with Crippen molar-refractivity contribution in [1.29, 1.82) is 0 Å². The van der Waals surface area contributed by atoms with E-state index in [0.29, 0.717) is 6.04 Å². The molecule has 0 aromatic carbocycles. The summed E-state index contributed by atoms with van der Waals surface area (Å²) in [6.45, 7) is 1.20. The SMILES string of the molecule is C#CCSCCN1C2CCC1CC(N)C2. The van der Waals surface area contributed by atoms with Crippen molar-refractivity contribution in [3.05, 3.63) is 0 Å². The van der Waals surface area contributed by atoms with E-state index < -0.39 is 0 Å². The number of nitrogens with zero attached hydrogens (tertiary/aromatic N) is 1. The van der Waals surface area contributed by atoms with Crippen molar-refractivity contribution in [2.75, 3.05) is 18.1 Å². The highest BCUT2D eigenvalue weighted by Gasteiger charge is 2.38. The summed E-state index contributed by atoms with van der Waals surface area (Å²) in [6.07, 6.45) is 10.4. The summed E-state index contributed by atoms with van der Waals surface area (Å²) in [6, 6.07) is 1.99. The number of terminal acetylenes is 1. The fraction of sp³-hybridized carbons (Fsp3) is 0.833. The number of fused-ring (bicyclic) bond motifs is 2. The lowest BCUT2D eigenvalue weighted by Crippen LogP contribution is -2.48. The topological polar surface area (TPSA) is 29.3 Å². The van der Waals surface area contributed by atoms with Gasteiger partial charge in [0.05, 0.1) is 5.75 Å². The lowest BCUT2D eigenvalue weighted by molar-refractivity contribution is 0.137. The first kappa shape index (κ1) is 11.3. The molecule has 2 heterocycles. The fourth-order valence-corrected chi connectivity index (χ4v) is 3.58. The highest BCUT2D eigenvalue weighted by molar-refractivity contribution is 7.99. The Morgan fingerprint density at radius 2 is 2.00 bits per heavy atom. The number of nitrogens with two attached hydrogens (primary N) is 1. The van der Waals surface area contributed by atoms with Gasteiger partial charge in [-0.05, 0) is 25.7 Å². The molecule has 3 heteroatoms. The van der Waals surface area contributed by atoms with Crippen molar-refractivity contribution in [1.82, 2.24) is 4.90 Å². The minimum absolute atomic E-state index is 0.456. The van der Waals surface area contributed by atoms with Gasteiger partial charge in [-0.25, -0.2) is 0 Å². The van der Waals surface area contributed by atoms with Crippen LogP contribution in [0.4, 0.5) is 0 Å². The van der Waals surface area contributed by atoms with Crippen LogP contribution in [0.3, 0.4) is 0 Å². The maximum absolute atomic E-state index is 6.04. The van der Waals surface area contributed by atoms with Gasteiger partial charge in [-0.15, -0.1) is 18.2 Å². The first-order chi connectivity index (χ1) is 7.31. The van der Waals surface area contributed by atoms with Crippen molar-refractivity contribution in [2.45, 2.75) is 43.8 Å². The molecule has 2 aliphatic heterocycles. The van der Waals surface area contributed by atoms with E-state index in [2.05, 4.69) is 10.8 Å². The third kappa shape index (κ3) is 2.69. The van der Waals surface area contributed by atoms with Gasteiger partial charge in [0.1, 0.15) is 0 Å². The molecule has 2 aliphatic rings. The molecule has 2 fully saturated rings. The monoisotopic (exact) mass is 224 g/mol. The second kappa shape index (κ2) is 5.25. The molecular weight excluding hydrogens is 204 g/mol. The fourth-order valence-electron chi connectivity index (χ4n) is 2.98. The molecule has 0 aromatic heterocycles. The first-order valence-electron chi connectivity index (χ1n) is 5.84. The molecule has 2 N–H and O–H groups in total. The van der Waals surface area contributed by atoms with Crippen LogP contribution in [0.25, 0.3) is 0 Å². The predicted octanol–water partition coefficient (Wildman–Crippen LogP) is 1.31. The van der Waals surface area contributed by atoms with Crippen LogP contribution in [-0.4, -0.2) is 41.1 Å². The zero-order chi connectivity index (χ0) is 10.7. The van der Waals surface area contributed by atoms with Crippen molar-refractivity contribution < 1.29 is 0 Å². The Labute approximate surface area is 97.0 Å². The van der Waals surface area contributed by atoms with E-state index in [4.69, 9.17) is 12.2 Å². The Balaban J connectivity index is 1.76. The van der Waals surface area contributed by atoms with Crippen molar-refractivity contribution in [2.24, 2.45) is 5.73 Å².